The highest BCUT2D eigenvalue weighted by atomic mass is 32.2. The Morgan fingerprint density at radius 1 is 1.40 bits per heavy atom. The van der Waals surface area contributed by atoms with Crippen molar-refractivity contribution in [1.29, 1.82) is 0 Å². The molecule has 1 aromatic heterocycles. The van der Waals surface area contributed by atoms with E-state index in [1.807, 2.05) is 20.8 Å². The Morgan fingerprint density at radius 2 is 2.12 bits per heavy atom. The van der Waals surface area contributed by atoms with Crippen molar-refractivity contribution in [1.82, 2.24) is 4.90 Å². The van der Waals surface area contributed by atoms with Crippen LogP contribution in [0.5, 0.6) is 5.75 Å². The molecule has 2 N–H and O–H groups in total. The van der Waals surface area contributed by atoms with Gasteiger partial charge in [0.1, 0.15) is 16.6 Å². The van der Waals surface area contributed by atoms with Crippen molar-refractivity contribution in [3.8, 4) is 5.75 Å². The monoisotopic (exact) mass is 384 g/mol. The van der Waals surface area contributed by atoms with Crippen LogP contribution in [0.25, 0.3) is 10.1 Å². The summed E-state index contributed by atoms with van der Waals surface area (Å²) in [7, 11) is -3.76. The van der Waals surface area contributed by atoms with Crippen LogP contribution in [-0.2, 0) is 14.8 Å². The van der Waals surface area contributed by atoms with Crippen LogP contribution in [0, 0.1) is 0 Å². The quantitative estimate of drug-likeness (QED) is 0.873. The normalized spacial score (nSPS) is 18.6. The van der Waals surface area contributed by atoms with Crippen molar-refractivity contribution < 1.29 is 22.7 Å². The van der Waals surface area contributed by atoms with Crippen LogP contribution in [0.2, 0.25) is 0 Å². The van der Waals surface area contributed by atoms with Crippen molar-refractivity contribution in [2.45, 2.75) is 36.6 Å². The maximum absolute atomic E-state index is 11.9. The molecule has 0 bridgehead atoms. The number of primary sulfonamides is 1. The smallest absolute Gasteiger partial charge is 0.410 e. The molecule has 0 spiro atoms. The van der Waals surface area contributed by atoms with Crippen molar-refractivity contribution in [2.75, 3.05) is 13.2 Å². The van der Waals surface area contributed by atoms with Gasteiger partial charge in [0.25, 0.3) is 0 Å². The highest BCUT2D eigenvalue weighted by Gasteiger charge is 2.38. The number of hydrogen-bond acceptors (Lipinski definition) is 6. The van der Waals surface area contributed by atoms with Crippen LogP contribution in [0.1, 0.15) is 20.8 Å². The van der Waals surface area contributed by atoms with Gasteiger partial charge in [-0.25, -0.2) is 18.4 Å². The molecule has 0 radical (unpaired) electrons. The van der Waals surface area contributed by atoms with Gasteiger partial charge >= 0.3 is 6.09 Å². The summed E-state index contributed by atoms with van der Waals surface area (Å²) < 4.78 is 35.0. The van der Waals surface area contributed by atoms with Gasteiger partial charge in [-0.2, -0.15) is 0 Å². The third-order valence-corrected chi connectivity index (χ3v) is 6.46. The highest BCUT2D eigenvalue weighted by Crippen LogP contribution is 2.35. The number of carbonyl (C=O) groups excluding carboxylic acids is 1. The summed E-state index contributed by atoms with van der Waals surface area (Å²) in [6.07, 6.45) is -0.730. The molecule has 0 saturated carbocycles. The van der Waals surface area contributed by atoms with E-state index in [9.17, 15) is 13.2 Å². The molecule has 2 aromatic rings. The Bertz CT molecular complexity index is 914. The molecule has 1 fully saturated rings. The topological polar surface area (TPSA) is 98.9 Å². The van der Waals surface area contributed by atoms with Gasteiger partial charge in [0.2, 0.25) is 10.0 Å². The number of thiophene rings is 1. The number of hydrogen-bond donors (Lipinski definition) is 1. The average molecular weight is 384 g/mol. The number of benzene rings is 1. The minimum Gasteiger partial charge on any atom is -0.488 e. The molecule has 136 valence electrons. The van der Waals surface area contributed by atoms with Gasteiger partial charge in [0.05, 0.1) is 11.2 Å². The fourth-order valence-corrected chi connectivity index (χ4v) is 4.47. The van der Waals surface area contributed by atoms with Gasteiger partial charge in [-0.15, -0.1) is 11.3 Å². The molecule has 1 unspecified atom stereocenters. The molecule has 9 heteroatoms. The lowest BCUT2D eigenvalue weighted by Gasteiger charge is -2.29. The molecule has 1 aromatic carbocycles. The summed E-state index contributed by atoms with van der Waals surface area (Å²) in [5.41, 5.74) is -0.315. The molecule has 1 aliphatic heterocycles. The summed E-state index contributed by atoms with van der Waals surface area (Å²) in [5.74, 6) is 0.544. The molecule has 25 heavy (non-hydrogen) atoms. The number of sulfonamides is 1. The van der Waals surface area contributed by atoms with Crippen LogP contribution in [-0.4, -0.2) is 44.2 Å². The fourth-order valence-electron chi connectivity index (χ4n) is 2.61. The third kappa shape index (κ3) is 3.73. The number of rotatable bonds is 4. The minimum atomic E-state index is -3.76. The first-order valence-electron chi connectivity index (χ1n) is 7.72. The van der Waals surface area contributed by atoms with Crippen LogP contribution in [0.4, 0.5) is 4.79 Å². The molecule has 1 saturated heterocycles. The van der Waals surface area contributed by atoms with Gasteiger partial charge < -0.3 is 9.47 Å². The zero-order valence-electron chi connectivity index (χ0n) is 14.2. The Balaban J connectivity index is 1.76. The molecular formula is C16H20N2O5S2. The zero-order chi connectivity index (χ0) is 18.4. The van der Waals surface area contributed by atoms with E-state index in [-0.39, 0.29) is 28.6 Å². The van der Waals surface area contributed by atoms with E-state index < -0.39 is 10.0 Å². The molecule has 1 amide bonds. The number of nitrogens with two attached hydrogens (primary N) is 1. The van der Waals surface area contributed by atoms with Crippen molar-refractivity contribution in [2.24, 2.45) is 5.14 Å². The first-order chi connectivity index (χ1) is 11.6. The first-order valence-corrected chi connectivity index (χ1v) is 10.1. The van der Waals surface area contributed by atoms with E-state index in [1.165, 1.54) is 6.07 Å². The van der Waals surface area contributed by atoms with Crippen molar-refractivity contribution in [3.05, 3.63) is 24.3 Å². The van der Waals surface area contributed by atoms with E-state index >= 15 is 0 Å². The number of amides is 1. The first kappa shape index (κ1) is 18.0. The minimum absolute atomic E-state index is 0.0877. The molecular weight excluding hydrogens is 364 g/mol. The van der Waals surface area contributed by atoms with E-state index in [1.54, 1.807) is 23.1 Å². The lowest BCUT2D eigenvalue weighted by molar-refractivity contribution is 0.0998. The second-order valence-corrected chi connectivity index (χ2v) is 9.72. The Labute approximate surface area is 150 Å². The summed E-state index contributed by atoms with van der Waals surface area (Å²) in [6, 6.07) is 6.85. The van der Waals surface area contributed by atoms with Gasteiger partial charge in [0, 0.05) is 5.54 Å². The number of ether oxygens (including phenoxy) is 2. The molecule has 7 nitrogen and oxygen atoms in total. The Hall–Kier alpha value is -1.84. The molecule has 1 aliphatic rings. The largest absolute Gasteiger partial charge is 0.488 e. The average Bonchev–Trinajstić information content (AvgIpc) is 3.07. The molecule has 1 atom stereocenters. The SMILES string of the molecule is CC(C)(C)N1CC(COc2cccc3cc(S(N)(=O)=O)sc23)OC1=O. The van der Waals surface area contributed by atoms with Gasteiger partial charge in [0.15, 0.2) is 6.10 Å². The summed E-state index contributed by atoms with van der Waals surface area (Å²) in [5, 5.41) is 5.94. The van der Waals surface area contributed by atoms with Crippen LogP contribution < -0.4 is 9.88 Å². The van der Waals surface area contributed by atoms with Crippen LogP contribution in [0.3, 0.4) is 0 Å². The number of carbonyl (C=O) groups is 1. The summed E-state index contributed by atoms with van der Waals surface area (Å²) in [4.78, 5) is 13.6. The van der Waals surface area contributed by atoms with Crippen molar-refractivity contribution >= 4 is 37.5 Å². The Kier molecular flexibility index (Phi) is 4.42. The number of fused-ring (bicyclic) bond motifs is 1. The van der Waals surface area contributed by atoms with E-state index in [0.29, 0.717) is 17.0 Å². The maximum Gasteiger partial charge on any atom is 0.410 e. The highest BCUT2D eigenvalue weighted by molar-refractivity contribution is 7.91. The lowest BCUT2D eigenvalue weighted by Crippen LogP contribution is -2.42. The number of cyclic esters (lactones) is 1. The summed E-state index contributed by atoms with van der Waals surface area (Å²) >= 11 is 1.06. The van der Waals surface area contributed by atoms with Crippen LogP contribution in [0.15, 0.2) is 28.5 Å². The molecule has 3 rings (SSSR count). The fraction of sp³-hybridized carbons (Fsp3) is 0.438. The van der Waals surface area contributed by atoms with Gasteiger partial charge in [-0.1, -0.05) is 12.1 Å². The number of nitrogens with zero attached hydrogens (tertiary/aromatic N) is 1. The van der Waals surface area contributed by atoms with Crippen LogP contribution >= 0.6 is 11.3 Å². The zero-order valence-corrected chi connectivity index (χ0v) is 15.8. The van der Waals surface area contributed by atoms with Gasteiger partial charge in [-0.3, -0.25) is 4.90 Å². The van der Waals surface area contributed by atoms with E-state index in [0.717, 1.165) is 16.7 Å². The second kappa shape index (κ2) is 6.15. The van der Waals surface area contributed by atoms with E-state index in [4.69, 9.17) is 14.6 Å². The second-order valence-electron chi connectivity index (χ2n) is 6.88. The predicted molar refractivity (Wildman–Crippen MR) is 95.4 cm³/mol. The van der Waals surface area contributed by atoms with Gasteiger partial charge in [-0.05, 0) is 38.3 Å². The Morgan fingerprint density at radius 3 is 2.72 bits per heavy atom. The summed E-state index contributed by atoms with van der Waals surface area (Å²) in [6.45, 7) is 6.47. The standard InChI is InChI=1S/C16H20N2O5S2/c1-16(2,3)18-8-11(23-15(18)19)9-22-12-6-4-5-10-7-13(24-14(10)12)25(17,20)21/h4-7,11H,8-9H2,1-3H3,(H2,17,20,21). The molecule has 0 aliphatic carbocycles. The maximum atomic E-state index is 11.9. The van der Waals surface area contributed by atoms with Crippen molar-refractivity contribution in [3.63, 3.8) is 0 Å². The third-order valence-electron chi connectivity index (χ3n) is 3.87. The lowest BCUT2D eigenvalue weighted by atomic mass is 10.1. The molecule has 2 heterocycles. The van der Waals surface area contributed by atoms with E-state index in [2.05, 4.69) is 0 Å². The predicted octanol–water partition coefficient (Wildman–Crippen LogP) is 2.55.